The molecule has 1 aliphatic heterocycles. The number of aryl methyl sites for hydroxylation is 1. The average Bonchev–Trinajstić information content (AvgIpc) is 3.18. The Hall–Kier alpha value is -1.35. The number of amides is 1. The molecule has 7 heteroatoms. The van der Waals surface area contributed by atoms with E-state index in [1.54, 1.807) is 7.05 Å². The molecule has 2 N–H and O–H groups in total. The third-order valence-electron chi connectivity index (χ3n) is 5.47. The highest BCUT2D eigenvalue weighted by atomic mass is 127. The van der Waals surface area contributed by atoms with E-state index in [-0.39, 0.29) is 36.0 Å². The number of hydrogen-bond acceptors (Lipinski definition) is 3. The molecule has 1 amide bonds. The summed E-state index contributed by atoms with van der Waals surface area (Å²) in [5.74, 6) is 0.968. The van der Waals surface area contributed by atoms with Gasteiger partial charge in [0, 0.05) is 32.6 Å². The summed E-state index contributed by atoms with van der Waals surface area (Å²) in [7, 11) is 1.79. The third kappa shape index (κ3) is 6.34. The van der Waals surface area contributed by atoms with Crippen molar-refractivity contribution in [1.29, 1.82) is 0 Å². The van der Waals surface area contributed by atoms with Gasteiger partial charge in [-0.2, -0.15) is 0 Å². The lowest BCUT2D eigenvalue weighted by Gasteiger charge is -2.35. The summed E-state index contributed by atoms with van der Waals surface area (Å²) >= 11 is 0. The van der Waals surface area contributed by atoms with Crippen LogP contribution in [0.4, 0.5) is 0 Å². The van der Waals surface area contributed by atoms with Crippen LogP contribution in [0.3, 0.4) is 0 Å². The molecule has 2 aliphatic rings. The Labute approximate surface area is 185 Å². The largest absolute Gasteiger partial charge is 0.370 e. The van der Waals surface area contributed by atoms with Crippen LogP contribution in [0.1, 0.15) is 49.3 Å². The Morgan fingerprint density at radius 2 is 2.04 bits per heavy atom. The summed E-state index contributed by atoms with van der Waals surface area (Å²) in [5, 5.41) is 6.47. The van der Waals surface area contributed by atoms with Gasteiger partial charge in [-0.3, -0.25) is 9.79 Å². The van der Waals surface area contributed by atoms with E-state index >= 15 is 0 Å². The van der Waals surface area contributed by atoms with Gasteiger partial charge in [-0.1, -0.05) is 37.1 Å². The van der Waals surface area contributed by atoms with Gasteiger partial charge in [-0.05, 0) is 30.9 Å². The van der Waals surface area contributed by atoms with E-state index in [0.717, 1.165) is 31.9 Å². The first-order chi connectivity index (χ1) is 13.2. The number of aliphatic imine (C=N–C) groups is 1. The number of hydrogen-bond donors (Lipinski definition) is 2. The maximum Gasteiger partial charge on any atom is 0.221 e. The zero-order chi connectivity index (χ0) is 19.1. The number of guanidine groups is 1. The molecule has 1 saturated heterocycles. The van der Waals surface area contributed by atoms with Crippen molar-refractivity contribution in [3.8, 4) is 0 Å². The molecule has 1 unspecified atom stereocenters. The predicted molar refractivity (Wildman–Crippen MR) is 123 cm³/mol. The van der Waals surface area contributed by atoms with Gasteiger partial charge in [0.15, 0.2) is 5.96 Å². The number of nitrogens with zero attached hydrogens (tertiary/aromatic N) is 2. The highest BCUT2D eigenvalue weighted by molar-refractivity contribution is 14.0. The SMILES string of the molecule is CN=C(NCCC(=O)NC1CCCC1)N1CCOC(c2ccccc2C)C1.I. The van der Waals surface area contributed by atoms with Crippen LogP contribution in [0.2, 0.25) is 0 Å². The maximum absolute atomic E-state index is 12.1. The molecule has 0 aromatic heterocycles. The van der Waals surface area contributed by atoms with Crippen molar-refractivity contribution in [3.63, 3.8) is 0 Å². The van der Waals surface area contributed by atoms with Crippen molar-refractivity contribution in [2.75, 3.05) is 33.3 Å². The van der Waals surface area contributed by atoms with Gasteiger partial charge in [-0.25, -0.2) is 0 Å². The molecule has 156 valence electrons. The summed E-state index contributed by atoms with van der Waals surface area (Å²) in [6.07, 6.45) is 5.22. The summed E-state index contributed by atoms with van der Waals surface area (Å²) < 4.78 is 6.00. The Balaban J connectivity index is 0.00000280. The minimum absolute atomic E-state index is 0. The fourth-order valence-corrected chi connectivity index (χ4v) is 3.97. The molecule has 1 atom stereocenters. The second kappa shape index (κ2) is 11.6. The lowest BCUT2D eigenvalue weighted by atomic mass is 10.0. The van der Waals surface area contributed by atoms with Crippen molar-refractivity contribution in [2.24, 2.45) is 4.99 Å². The molecule has 0 radical (unpaired) electrons. The van der Waals surface area contributed by atoms with Gasteiger partial charge in [0.1, 0.15) is 6.10 Å². The number of morpholine rings is 1. The van der Waals surface area contributed by atoms with E-state index in [2.05, 4.69) is 51.7 Å². The van der Waals surface area contributed by atoms with Crippen LogP contribution in [-0.4, -0.2) is 56.1 Å². The minimum Gasteiger partial charge on any atom is -0.370 e. The van der Waals surface area contributed by atoms with E-state index in [9.17, 15) is 4.79 Å². The number of ether oxygens (including phenoxy) is 1. The number of benzene rings is 1. The second-order valence-corrected chi connectivity index (χ2v) is 7.43. The monoisotopic (exact) mass is 500 g/mol. The predicted octanol–water partition coefficient (Wildman–Crippen LogP) is 3.01. The molecule has 1 aliphatic carbocycles. The Morgan fingerprint density at radius 3 is 2.75 bits per heavy atom. The zero-order valence-corrected chi connectivity index (χ0v) is 19.3. The van der Waals surface area contributed by atoms with Crippen LogP contribution < -0.4 is 10.6 Å². The fraction of sp³-hybridized carbons (Fsp3) is 0.619. The molecule has 0 bridgehead atoms. The first-order valence-corrected chi connectivity index (χ1v) is 10.1. The van der Waals surface area contributed by atoms with Gasteiger partial charge in [0.25, 0.3) is 0 Å². The van der Waals surface area contributed by atoms with Crippen LogP contribution in [0, 0.1) is 6.92 Å². The quantitative estimate of drug-likeness (QED) is 0.371. The molecule has 2 fully saturated rings. The summed E-state index contributed by atoms with van der Waals surface area (Å²) in [4.78, 5) is 18.7. The van der Waals surface area contributed by atoms with Crippen LogP contribution in [0.15, 0.2) is 29.3 Å². The summed E-state index contributed by atoms with van der Waals surface area (Å²) in [6.45, 7) is 4.95. The number of halogens is 1. The normalized spacial score (nSPS) is 20.6. The van der Waals surface area contributed by atoms with E-state index < -0.39 is 0 Å². The smallest absolute Gasteiger partial charge is 0.221 e. The Kier molecular flexibility index (Phi) is 9.50. The number of nitrogens with one attached hydrogen (secondary N) is 2. The minimum atomic E-state index is 0. The van der Waals surface area contributed by atoms with Gasteiger partial charge >= 0.3 is 0 Å². The van der Waals surface area contributed by atoms with Crippen molar-refractivity contribution in [1.82, 2.24) is 15.5 Å². The zero-order valence-electron chi connectivity index (χ0n) is 16.9. The fourth-order valence-electron chi connectivity index (χ4n) is 3.97. The van der Waals surface area contributed by atoms with Crippen LogP contribution >= 0.6 is 24.0 Å². The van der Waals surface area contributed by atoms with E-state index in [1.165, 1.54) is 24.0 Å². The molecule has 1 heterocycles. The molecule has 1 aromatic carbocycles. The first-order valence-electron chi connectivity index (χ1n) is 10.1. The van der Waals surface area contributed by atoms with E-state index in [4.69, 9.17) is 4.74 Å². The third-order valence-corrected chi connectivity index (χ3v) is 5.47. The maximum atomic E-state index is 12.1. The lowest BCUT2D eigenvalue weighted by Crippen LogP contribution is -2.49. The summed E-state index contributed by atoms with van der Waals surface area (Å²) in [6, 6.07) is 8.74. The molecule has 3 rings (SSSR count). The van der Waals surface area contributed by atoms with Crippen molar-refractivity contribution >= 4 is 35.8 Å². The molecule has 0 spiro atoms. The highest BCUT2D eigenvalue weighted by Gasteiger charge is 2.25. The van der Waals surface area contributed by atoms with Gasteiger partial charge in [0.2, 0.25) is 5.91 Å². The van der Waals surface area contributed by atoms with E-state index in [1.807, 2.05) is 0 Å². The molecular weight excluding hydrogens is 467 g/mol. The Morgan fingerprint density at radius 1 is 1.29 bits per heavy atom. The van der Waals surface area contributed by atoms with Crippen LogP contribution in [0.5, 0.6) is 0 Å². The van der Waals surface area contributed by atoms with E-state index in [0.29, 0.717) is 25.6 Å². The molecule has 28 heavy (non-hydrogen) atoms. The van der Waals surface area contributed by atoms with Crippen molar-refractivity contribution in [2.45, 2.75) is 51.2 Å². The van der Waals surface area contributed by atoms with Crippen molar-refractivity contribution in [3.05, 3.63) is 35.4 Å². The average molecular weight is 500 g/mol. The number of rotatable bonds is 5. The molecule has 1 saturated carbocycles. The van der Waals surface area contributed by atoms with Gasteiger partial charge in [0.05, 0.1) is 13.2 Å². The Bertz CT molecular complexity index is 662. The lowest BCUT2D eigenvalue weighted by molar-refractivity contribution is -0.121. The standard InChI is InChI=1S/C21H32N4O2.HI/c1-16-7-3-6-10-18(16)19-15-25(13-14-27-19)21(22-2)23-12-11-20(26)24-17-8-4-5-9-17;/h3,6-7,10,17,19H,4-5,8-9,11-15H2,1-2H3,(H,22,23)(H,24,26);1H. The van der Waals surface area contributed by atoms with Crippen LogP contribution in [-0.2, 0) is 9.53 Å². The number of carbonyl (C=O) groups excluding carboxylic acids is 1. The highest BCUT2D eigenvalue weighted by Crippen LogP contribution is 2.25. The van der Waals surface area contributed by atoms with Gasteiger partial charge < -0.3 is 20.3 Å². The number of carbonyl (C=O) groups is 1. The van der Waals surface area contributed by atoms with Crippen molar-refractivity contribution < 1.29 is 9.53 Å². The van der Waals surface area contributed by atoms with Crippen LogP contribution in [0.25, 0.3) is 0 Å². The van der Waals surface area contributed by atoms with Gasteiger partial charge in [-0.15, -0.1) is 24.0 Å². The second-order valence-electron chi connectivity index (χ2n) is 7.43. The summed E-state index contributed by atoms with van der Waals surface area (Å²) in [5.41, 5.74) is 2.48. The molecule has 1 aromatic rings. The first kappa shape index (κ1) is 22.9. The molecule has 6 nitrogen and oxygen atoms in total. The molecular formula is C21H33IN4O2. The topological polar surface area (TPSA) is 66.0 Å².